The van der Waals surface area contributed by atoms with Gasteiger partial charge in [0.1, 0.15) is 5.82 Å². The number of alkyl halides is 1. The van der Waals surface area contributed by atoms with E-state index >= 15 is 0 Å². The third kappa shape index (κ3) is 3.34. The van der Waals surface area contributed by atoms with Gasteiger partial charge in [0.15, 0.2) is 0 Å². The first-order valence-electron chi connectivity index (χ1n) is 5.40. The summed E-state index contributed by atoms with van der Waals surface area (Å²) >= 11 is 12.9. The molecule has 0 saturated heterocycles. The van der Waals surface area contributed by atoms with Gasteiger partial charge in [-0.25, -0.2) is 4.39 Å². The van der Waals surface area contributed by atoms with Gasteiger partial charge in [0, 0.05) is 9.85 Å². The molecule has 0 radical (unpaired) electrons. The van der Waals surface area contributed by atoms with Crippen LogP contribution in [0.15, 0.2) is 46.9 Å². The Kier molecular flexibility index (Phi) is 4.82. The van der Waals surface area contributed by atoms with Crippen LogP contribution in [0.25, 0.3) is 0 Å². The molecule has 0 fully saturated rings. The first kappa shape index (κ1) is 14.0. The average Bonchev–Trinajstić information content (AvgIpc) is 2.35. The first-order chi connectivity index (χ1) is 8.58. The van der Waals surface area contributed by atoms with Gasteiger partial charge >= 0.3 is 0 Å². The minimum Gasteiger partial charge on any atom is -0.206 e. The Morgan fingerprint density at radius 1 is 1.17 bits per heavy atom. The number of benzene rings is 2. The van der Waals surface area contributed by atoms with Crippen molar-refractivity contribution in [1.82, 2.24) is 0 Å². The van der Waals surface area contributed by atoms with Crippen LogP contribution in [0.3, 0.4) is 0 Å². The van der Waals surface area contributed by atoms with E-state index in [0.29, 0.717) is 4.47 Å². The third-order valence-corrected chi connectivity index (χ3v) is 4.49. The van der Waals surface area contributed by atoms with Crippen LogP contribution in [-0.4, -0.2) is 0 Å². The molecular formula is C14H10Br2ClF. The molecule has 0 spiro atoms. The van der Waals surface area contributed by atoms with Crippen LogP contribution in [0.5, 0.6) is 0 Å². The summed E-state index contributed by atoms with van der Waals surface area (Å²) in [5, 5.41) is 0.753. The van der Waals surface area contributed by atoms with Gasteiger partial charge in [-0.2, -0.15) is 0 Å². The van der Waals surface area contributed by atoms with Gasteiger partial charge in [0.25, 0.3) is 0 Å². The molecule has 0 saturated carbocycles. The van der Waals surface area contributed by atoms with Crippen molar-refractivity contribution < 1.29 is 4.39 Å². The van der Waals surface area contributed by atoms with Gasteiger partial charge in [0.05, 0.1) is 4.47 Å². The lowest BCUT2D eigenvalue weighted by atomic mass is 10.0. The van der Waals surface area contributed by atoms with Crippen molar-refractivity contribution in [2.45, 2.75) is 11.2 Å². The van der Waals surface area contributed by atoms with E-state index in [2.05, 4.69) is 31.9 Å². The van der Waals surface area contributed by atoms with E-state index in [9.17, 15) is 4.39 Å². The maximum Gasteiger partial charge on any atom is 0.137 e. The molecule has 0 N–H and O–H groups in total. The van der Waals surface area contributed by atoms with Crippen LogP contribution >= 0.6 is 43.5 Å². The zero-order chi connectivity index (χ0) is 13.1. The Labute approximate surface area is 127 Å². The molecule has 0 aliphatic rings. The first-order valence-corrected chi connectivity index (χ1v) is 7.49. The highest BCUT2D eigenvalue weighted by atomic mass is 79.9. The topological polar surface area (TPSA) is 0 Å². The summed E-state index contributed by atoms with van der Waals surface area (Å²) in [5.41, 5.74) is 2.09. The Morgan fingerprint density at radius 2 is 1.89 bits per heavy atom. The molecule has 0 amide bonds. The van der Waals surface area contributed by atoms with Gasteiger partial charge in [-0.1, -0.05) is 51.8 Å². The molecule has 1 atom stereocenters. The summed E-state index contributed by atoms with van der Waals surface area (Å²) in [4.78, 5) is 0.106. The normalized spacial score (nSPS) is 12.4. The standard InChI is InChI=1S/C14H10Br2ClF/c15-11(8-10-3-1-2-4-13(10)17)9-5-6-14(18)12(16)7-9/h1-7,11H,8H2. The summed E-state index contributed by atoms with van der Waals surface area (Å²) in [6, 6.07) is 12.7. The highest BCUT2D eigenvalue weighted by Gasteiger charge is 2.12. The highest BCUT2D eigenvalue weighted by molar-refractivity contribution is 9.10. The summed E-state index contributed by atoms with van der Waals surface area (Å²) in [6.45, 7) is 0. The fourth-order valence-electron chi connectivity index (χ4n) is 1.68. The third-order valence-electron chi connectivity index (χ3n) is 2.66. The summed E-state index contributed by atoms with van der Waals surface area (Å²) in [6.07, 6.45) is 0.762. The van der Waals surface area contributed by atoms with Crippen molar-refractivity contribution >= 4 is 43.5 Å². The molecule has 0 aliphatic carbocycles. The molecule has 0 bridgehead atoms. The van der Waals surface area contributed by atoms with Gasteiger partial charge in [-0.15, -0.1) is 0 Å². The van der Waals surface area contributed by atoms with E-state index in [1.54, 1.807) is 12.1 Å². The molecule has 2 aromatic carbocycles. The quantitative estimate of drug-likeness (QED) is 0.569. The molecular weight excluding hydrogens is 382 g/mol. The second-order valence-corrected chi connectivity index (χ2v) is 6.30. The van der Waals surface area contributed by atoms with E-state index in [-0.39, 0.29) is 10.6 Å². The Hall–Kier alpha value is -0.380. The molecule has 0 aromatic heterocycles. The van der Waals surface area contributed by atoms with Crippen LogP contribution in [0, 0.1) is 5.82 Å². The van der Waals surface area contributed by atoms with Crippen molar-refractivity contribution in [3.05, 3.63) is 68.9 Å². The monoisotopic (exact) mass is 390 g/mol. The van der Waals surface area contributed by atoms with E-state index < -0.39 is 0 Å². The summed E-state index contributed by atoms with van der Waals surface area (Å²) < 4.78 is 13.6. The second kappa shape index (κ2) is 6.18. The zero-order valence-corrected chi connectivity index (χ0v) is 13.3. The predicted octanol–water partition coefficient (Wildman–Crippen LogP) is 5.92. The van der Waals surface area contributed by atoms with Crippen molar-refractivity contribution in [3.63, 3.8) is 0 Å². The number of rotatable bonds is 3. The Bertz CT molecular complexity index is 557. The fraction of sp³-hybridized carbons (Fsp3) is 0.143. The smallest absolute Gasteiger partial charge is 0.137 e. The van der Waals surface area contributed by atoms with Gasteiger partial charge in [-0.05, 0) is 51.7 Å². The molecule has 18 heavy (non-hydrogen) atoms. The highest BCUT2D eigenvalue weighted by Crippen LogP contribution is 2.31. The SMILES string of the molecule is Fc1ccc(C(Br)Cc2ccccc2Cl)cc1Br. The number of hydrogen-bond acceptors (Lipinski definition) is 0. The van der Waals surface area contributed by atoms with Crippen molar-refractivity contribution in [2.75, 3.05) is 0 Å². The van der Waals surface area contributed by atoms with Crippen molar-refractivity contribution in [1.29, 1.82) is 0 Å². The second-order valence-electron chi connectivity index (χ2n) is 3.94. The lowest BCUT2D eigenvalue weighted by molar-refractivity contribution is 0.620. The van der Waals surface area contributed by atoms with Crippen LogP contribution in [0.4, 0.5) is 4.39 Å². The fourth-order valence-corrected chi connectivity index (χ4v) is 2.93. The molecule has 2 rings (SSSR count). The van der Waals surface area contributed by atoms with Crippen molar-refractivity contribution in [2.24, 2.45) is 0 Å². The van der Waals surface area contributed by atoms with Gasteiger partial charge in [0.2, 0.25) is 0 Å². The molecule has 94 valence electrons. The Morgan fingerprint density at radius 3 is 2.56 bits per heavy atom. The lowest BCUT2D eigenvalue weighted by Gasteiger charge is -2.12. The van der Waals surface area contributed by atoms with E-state index in [4.69, 9.17) is 11.6 Å². The zero-order valence-electron chi connectivity index (χ0n) is 9.34. The van der Waals surface area contributed by atoms with Crippen LogP contribution in [0.2, 0.25) is 5.02 Å². The minimum atomic E-state index is -0.254. The molecule has 1 unspecified atom stereocenters. The van der Waals surface area contributed by atoms with Gasteiger partial charge < -0.3 is 0 Å². The maximum absolute atomic E-state index is 13.2. The van der Waals surface area contributed by atoms with Crippen LogP contribution < -0.4 is 0 Å². The number of hydrogen-bond donors (Lipinski definition) is 0. The molecule has 4 heteroatoms. The Balaban J connectivity index is 2.19. The lowest BCUT2D eigenvalue weighted by Crippen LogP contribution is -1.96. The van der Waals surface area contributed by atoms with Crippen LogP contribution in [0.1, 0.15) is 16.0 Å². The molecule has 0 nitrogen and oxygen atoms in total. The van der Waals surface area contributed by atoms with E-state index in [0.717, 1.165) is 22.6 Å². The maximum atomic E-state index is 13.2. The largest absolute Gasteiger partial charge is 0.206 e. The van der Waals surface area contributed by atoms with Crippen molar-refractivity contribution in [3.8, 4) is 0 Å². The summed E-state index contributed by atoms with van der Waals surface area (Å²) in [7, 11) is 0. The number of halogens is 4. The van der Waals surface area contributed by atoms with Crippen LogP contribution in [-0.2, 0) is 6.42 Å². The minimum absolute atomic E-state index is 0.106. The van der Waals surface area contributed by atoms with E-state index in [1.165, 1.54) is 6.07 Å². The average molecular weight is 392 g/mol. The molecule has 0 heterocycles. The van der Waals surface area contributed by atoms with Gasteiger partial charge in [-0.3, -0.25) is 0 Å². The van der Waals surface area contributed by atoms with E-state index in [1.807, 2.05) is 24.3 Å². The predicted molar refractivity (Wildman–Crippen MR) is 80.9 cm³/mol. The molecule has 2 aromatic rings. The molecule has 0 aliphatic heterocycles. The summed E-state index contributed by atoms with van der Waals surface area (Å²) in [5.74, 6) is -0.254.